The fourth-order valence-corrected chi connectivity index (χ4v) is 6.16. The number of benzene rings is 1. The molecule has 0 spiro atoms. The fraction of sp³-hybridized carbons (Fsp3) is 0.353. The number of carbonyl (C=O) groups is 1. The van der Waals surface area contributed by atoms with Crippen molar-refractivity contribution in [1.82, 2.24) is 9.21 Å². The summed E-state index contributed by atoms with van der Waals surface area (Å²) in [7, 11) is -7.36. The van der Waals surface area contributed by atoms with Crippen molar-refractivity contribution in [3.05, 3.63) is 41.8 Å². The van der Waals surface area contributed by atoms with E-state index in [1.165, 1.54) is 33.8 Å². The van der Waals surface area contributed by atoms with Gasteiger partial charge in [0.15, 0.2) is 0 Å². The van der Waals surface area contributed by atoms with Crippen LogP contribution in [-0.4, -0.2) is 64.2 Å². The van der Waals surface area contributed by atoms with Crippen LogP contribution in [0.2, 0.25) is 0 Å². The zero-order valence-corrected chi connectivity index (χ0v) is 18.1. The molecule has 2 aromatic rings. The molecule has 0 saturated carbocycles. The number of anilines is 1. The van der Waals surface area contributed by atoms with Crippen LogP contribution in [0.3, 0.4) is 0 Å². The number of carbonyl (C=O) groups excluding carboxylic acids is 1. The number of nitrogens with zero attached hydrogens (tertiary/aromatic N) is 2. The molecular formula is C17H22N4O5S3. The summed E-state index contributed by atoms with van der Waals surface area (Å²) in [4.78, 5) is 14.4. The normalized spacial score (nSPS) is 17.7. The number of piperazine rings is 1. The maximum atomic E-state index is 12.6. The van der Waals surface area contributed by atoms with Crippen LogP contribution < -0.4 is 10.5 Å². The predicted octanol–water partition coefficient (Wildman–Crippen LogP) is 0.729. The van der Waals surface area contributed by atoms with Crippen molar-refractivity contribution in [2.45, 2.75) is 22.1 Å². The number of thiophene rings is 1. The van der Waals surface area contributed by atoms with Gasteiger partial charge in [0.05, 0.1) is 10.9 Å². The molecule has 1 fully saturated rings. The lowest BCUT2D eigenvalue weighted by atomic mass is 10.2. The van der Waals surface area contributed by atoms with Gasteiger partial charge in [0, 0.05) is 31.9 Å². The van der Waals surface area contributed by atoms with E-state index < -0.39 is 26.1 Å². The Morgan fingerprint density at radius 3 is 2.38 bits per heavy atom. The number of hydrogen-bond acceptors (Lipinski definition) is 7. The highest BCUT2D eigenvalue weighted by molar-refractivity contribution is 7.91. The van der Waals surface area contributed by atoms with E-state index in [0.29, 0.717) is 36.1 Å². The smallest absolute Gasteiger partial charge is 0.252 e. The lowest BCUT2D eigenvalue weighted by Gasteiger charge is -2.36. The first-order chi connectivity index (χ1) is 13.6. The summed E-state index contributed by atoms with van der Waals surface area (Å²) >= 11 is 1.18. The molecule has 1 unspecified atom stereocenters. The third-order valence-corrected chi connectivity index (χ3v) is 8.90. The zero-order valence-electron chi connectivity index (χ0n) is 15.7. The number of nitrogens with two attached hydrogens (primary N) is 1. The van der Waals surface area contributed by atoms with E-state index in [2.05, 4.69) is 5.32 Å². The predicted molar refractivity (Wildman–Crippen MR) is 111 cm³/mol. The van der Waals surface area contributed by atoms with E-state index in [9.17, 15) is 21.6 Å². The molecule has 1 aliphatic heterocycles. The molecule has 1 aromatic heterocycles. The van der Waals surface area contributed by atoms with Gasteiger partial charge < -0.3 is 5.32 Å². The van der Waals surface area contributed by atoms with E-state index in [4.69, 9.17) is 5.14 Å². The number of rotatable bonds is 6. The van der Waals surface area contributed by atoms with E-state index in [1.807, 2.05) is 4.90 Å². The molecule has 3 rings (SSSR count). The average molecular weight is 459 g/mol. The highest BCUT2D eigenvalue weighted by Crippen LogP contribution is 2.22. The van der Waals surface area contributed by atoms with Crippen molar-refractivity contribution in [3.8, 4) is 0 Å². The minimum Gasteiger partial charge on any atom is -0.325 e. The highest BCUT2D eigenvalue weighted by atomic mass is 32.2. The van der Waals surface area contributed by atoms with Crippen LogP contribution in [0.4, 0.5) is 5.69 Å². The van der Waals surface area contributed by atoms with Gasteiger partial charge in [-0.05, 0) is 36.6 Å². The Kier molecular flexibility index (Phi) is 6.41. The van der Waals surface area contributed by atoms with Gasteiger partial charge in [-0.25, -0.2) is 22.0 Å². The summed E-state index contributed by atoms with van der Waals surface area (Å²) in [5.41, 5.74) is 0.326. The van der Waals surface area contributed by atoms with Gasteiger partial charge in [0.2, 0.25) is 15.9 Å². The summed E-state index contributed by atoms with van der Waals surface area (Å²) in [5, 5.41) is 9.52. The van der Waals surface area contributed by atoms with E-state index in [-0.39, 0.29) is 10.8 Å². The topological polar surface area (TPSA) is 130 Å². The van der Waals surface area contributed by atoms with Gasteiger partial charge in [-0.3, -0.25) is 9.69 Å². The maximum Gasteiger partial charge on any atom is 0.252 e. The molecular weight excluding hydrogens is 436 g/mol. The molecule has 158 valence electrons. The third kappa shape index (κ3) is 5.02. The van der Waals surface area contributed by atoms with Gasteiger partial charge in [-0.15, -0.1) is 11.3 Å². The van der Waals surface area contributed by atoms with Gasteiger partial charge in [-0.1, -0.05) is 12.1 Å². The van der Waals surface area contributed by atoms with E-state index >= 15 is 0 Å². The Morgan fingerprint density at radius 2 is 1.79 bits per heavy atom. The molecule has 9 nitrogen and oxygen atoms in total. The van der Waals surface area contributed by atoms with Crippen molar-refractivity contribution in [2.24, 2.45) is 5.14 Å². The lowest BCUT2D eigenvalue weighted by Crippen LogP contribution is -2.53. The summed E-state index contributed by atoms with van der Waals surface area (Å²) in [5.74, 6) is -0.314. The van der Waals surface area contributed by atoms with Crippen LogP contribution in [0.1, 0.15) is 6.92 Å². The summed E-state index contributed by atoms with van der Waals surface area (Å²) < 4.78 is 49.8. The average Bonchev–Trinajstić information content (AvgIpc) is 3.23. The first-order valence-electron chi connectivity index (χ1n) is 8.80. The number of primary sulfonamides is 1. The number of sulfonamides is 2. The first-order valence-corrected chi connectivity index (χ1v) is 12.7. The van der Waals surface area contributed by atoms with Gasteiger partial charge in [-0.2, -0.15) is 4.31 Å². The Hall–Kier alpha value is -1.83. The van der Waals surface area contributed by atoms with Crippen molar-refractivity contribution in [1.29, 1.82) is 0 Å². The molecule has 29 heavy (non-hydrogen) atoms. The van der Waals surface area contributed by atoms with Crippen molar-refractivity contribution < 1.29 is 21.6 Å². The standard InChI is InChI=1S/C17H22N4O5S3/c1-13(17(22)19-14-4-2-5-15(12-14)28(18,23)24)20-7-9-21(10-8-20)29(25,26)16-6-3-11-27-16/h2-6,11-13H,7-10H2,1H3,(H,19,22)(H2,18,23,24). The molecule has 1 saturated heterocycles. The van der Waals surface area contributed by atoms with Crippen LogP contribution in [0.5, 0.6) is 0 Å². The van der Waals surface area contributed by atoms with Crippen LogP contribution in [0, 0.1) is 0 Å². The Bertz CT molecular complexity index is 1080. The van der Waals surface area contributed by atoms with Crippen molar-refractivity contribution >= 4 is 43.0 Å². The van der Waals surface area contributed by atoms with Crippen LogP contribution in [-0.2, 0) is 24.8 Å². The van der Waals surface area contributed by atoms with Crippen LogP contribution in [0.15, 0.2) is 50.9 Å². The molecule has 1 aliphatic rings. The largest absolute Gasteiger partial charge is 0.325 e. The molecule has 12 heteroatoms. The molecule has 0 aliphatic carbocycles. The van der Waals surface area contributed by atoms with E-state index in [0.717, 1.165) is 0 Å². The molecule has 2 heterocycles. The second-order valence-electron chi connectivity index (χ2n) is 6.61. The number of amides is 1. The van der Waals surface area contributed by atoms with Crippen molar-refractivity contribution in [2.75, 3.05) is 31.5 Å². The van der Waals surface area contributed by atoms with Crippen LogP contribution in [0.25, 0.3) is 0 Å². The fourth-order valence-electron chi connectivity index (χ4n) is 3.03. The second-order valence-corrected chi connectivity index (χ2v) is 11.3. The van der Waals surface area contributed by atoms with Gasteiger partial charge in [0.25, 0.3) is 10.0 Å². The zero-order chi connectivity index (χ0) is 21.2. The third-order valence-electron chi connectivity index (χ3n) is 4.72. The molecule has 0 radical (unpaired) electrons. The summed E-state index contributed by atoms with van der Waals surface area (Å²) in [6.45, 7) is 3.13. The molecule has 3 N–H and O–H groups in total. The molecule has 1 atom stereocenters. The maximum absolute atomic E-state index is 12.6. The lowest BCUT2D eigenvalue weighted by molar-refractivity contribution is -0.121. The SMILES string of the molecule is CC(C(=O)Nc1cccc(S(N)(=O)=O)c1)N1CCN(S(=O)(=O)c2cccs2)CC1. The molecule has 1 aromatic carbocycles. The number of nitrogens with one attached hydrogen (secondary N) is 1. The molecule has 0 bridgehead atoms. The van der Waals surface area contributed by atoms with Gasteiger partial charge >= 0.3 is 0 Å². The monoisotopic (exact) mass is 458 g/mol. The van der Waals surface area contributed by atoms with E-state index in [1.54, 1.807) is 30.5 Å². The van der Waals surface area contributed by atoms with Crippen molar-refractivity contribution in [3.63, 3.8) is 0 Å². The Balaban J connectivity index is 1.61. The van der Waals surface area contributed by atoms with Crippen LogP contribution >= 0.6 is 11.3 Å². The quantitative estimate of drug-likeness (QED) is 0.656. The minimum atomic E-state index is -3.86. The van der Waals surface area contributed by atoms with Gasteiger partial charge in [0.1, 0.15) is 4.21 Å². The second kappa shape index (κ2) is 8.50. The molecule has 1 amide bonds. The highest BCUT2D eigenvalue weighted by Gasteiger charge is 2.32. The first kappa shape index (κ1) is 21.9. The Morgan fingerprint density at radius 1 is 1.10 bits per heavy atom. The number of hydrogen-bond donors (Lipinski definition) is 2. The Labute approximate surface area is 174 Å². The summed E-state index contributed by atoms with van der Waals surface area (Å²) in [6, 6.07) is 8.48. The summed E-state index contributed by atoms with van der Waals surface area (Å²) in [6.07, 6.45) is 0. The minimum absolute atomic E-state index is 0.0876.